The van der Waals surface area contributed by atoms with Crippen molar-refractivity contribution in [2.75, 3.05) is 21.3 Å². The van der Waals surface area contributed by atoms with Crippen molar-refractivity contribution in [3.8, 4) is 0 Å². The van der Waals surface area contributed by atoms with E-state index in [-0.39, 0.29) is 34.0 Å². The van der Waals surface area contributed by atoms with Crippen LogP contribution in [0.2, 0.25) is 9.88 Å². The van der Waals surface area contributed by atoms with Crippen LogP contribution in [0.4, 0.5) is 0 Å². The van der Waals surface area contributed by atoms with Gasteiger partial charge in [0.15, 0.2) is 0 Å². The normalized spacial score (nSPS) is 10.1. The van der Waals surface area contributed by atoms with E-state index in [1.54, 1.807) is 21.3 Å². The number of rotatable bonds is 20. The third kappa shape index (κ3) is 30.0. The van der Waals surface area contributed by atoms with E-state index >= 15 is 0 Å². The Morgan fingerprint density at radius 2 is 0.925 bits per heavy atom. The zero-order chi connectivity index (χ0) is 30.9. The summed E-state index contributed by atoms with van der Waals surface area (Å²) in [5.74, 6) is -1.83. The van der Waals surface area contributed by atoms with E-state index in [0.717, 1.165) is 30.9 Å². The van der Waals surface area contributed by atoms with Gasteiger partial charge in [-0.25, -0.2) is 0 Å². The zero-order valence-electron chi connectivity index (χ0n) is 26.6. The molecule has 0 aromatic heterocycles. The van der Waals surface area contributed by atoms with Gasteiger partial charge in [-0.3, -0.25) is 0 Å². The molecule has 1 aromatic rings. The fourth-order valence-electron chi connectivity index (χ4n) is 3.70. The van der Waals surface area contributed by atoms with Crippen LogP contribution in [0.15, 0.2) is 30.3 Å². The van der Waals surface area contributed by atoms with Gasteiger partial charge in [-0.1, -0.05) is 121 Å². The van der Waals surface area contributed by atoms with Gasteiger partial charge < -0.3 is 33.1 Å². The molecule has 0 aliphatic carbocycles. The topological polar surface area (TPSA) is 108 Å². The molecule has 1 rings (SSSR count). The molecule has 9 heteroatoms. The van der Waals surface area contributed by atoms with Gasteiger partial charge in [-0.15, -0.1) is 0 Å². The van der Waals surface area contributed by atoms with E-state index in [1.807, 2.05) is 30.3 Å². The van der Waals surface area contributed by atoms with Crippen molar-refractivity contribution in [1.82, 2.24) is 0 Å². The fraction of sp³-hybridized carbons (Fsp3) is 0.742. The standard InChI is InChI=1S/2C10H20O2.C9H14O3Si.2CH3.Sn/c2*1-2-3-4-5-6-7-8-9-10(11)12;1-10-13(11-2,12-3)9-7-5-4-6-8-9;;;/h2*2-9H2,1H3,(H,11,12);4-8H,1-3H3;2*1H3;/q;;;;;+2/p-2. The van der Waals surface area contributed by atoms with E-state index < -0.39 is 20.7 Å². The Hall–Kier alpha value is -0.944. The van der Waals surface area contributed by atoms with Gasteiger partial charge in [0.2, 0.25) is 0 Å². The number of aliphatic carboxylic acids is 2. The first-order chi connectivity index (χ1) is 19.2. The molecular weight excluding hydrogens is 631 g/mol. The maximum atomic E-state index is 10.0. The van der Waals surface area contributed by atoms with Crippen LogP contribution in [0, 0.1) is 0 Å². The van der Waals surface area contributed by atoms with Gasteiger partial charge in [0.05, 0.1) is 0 Å². The second-order valence-electron chi connectivity index (χ2n) is 9.52. The van der Waals surface area contributed by atoms with E-state index in [9.17, 15) is 19.8 Å². The Bertz CT molecular complexity index is 622. The quantitative estimate of drug-likeness (QED) is 0.135. The number of unbranched alkanes of at least 4 members (excludes halogenated alkanes) is 12. The van der Waals surface area contributed by atoms with Crippen LogP contribution in [0.5, 0.6) is 0 Å². The third-order valence-electron chi connectivity index (χ3n) is 5.90. The second kappa shape index (κ2) is 34.3. The van der Waals surface area contributed by atoms with E-state index in [2.05, 4.69) is 23.7 Å². The van der Waals surface area contributed by atoms with E-state index in [4.69, 9.17) is 13.3 Å². The van der Waals surface area contributed by atoms with Crippen LogP contribution in [0.25, 0.3) is 0 Å². The average molecular weight is 690 g/mol. The molecule has 0 atom stereocenters. The zero-order valence-corrected chi connectivity index (χ0v) is 30.4. The second-order valence-corrected chi connectivity index (χ2v) is 15.3. The molecule has 0 aliphatic heterocycles. The molecule has 0 fully saturated rings. The van der Waals surface area contributed by atoms with Crippen molar-refractivity contribution in [3.63, 3.8) is 0 Å². The molecule has 40 heavy (non-hydrogen) atoms. The predicted octanol–water partition coefficient (Wildman–Crippen LogP) is 5.31. The molecule has 0 heterocycles. The molecule has 0 radical (unpaired) electrons. The molecule has 0 unspecified atom stereocenters. The summed E-state index contributed by atoms with van der Waals surface area (Å²) in [4.78, 5) is 24.6. The number of carboxylic acids is 2. The van der Waals surface area contributed by atoms with Crippen LogP contribution in [0.3, 0.4) is 0 Å². The molecule has 0 saturated carbocycles. The SMILES string of the molecule is CCCCCCCCCC(=O)[O-].CCCCCCCCCC(=O)[O-].CO[Si](OC)(OC)c1ccccc1.[CH3][Sn+2][CH3]. The fourth-order valence-corrected chi connectivity index (χ4v) is 5.51. The minimum atomic E-state index is -2.59. The van der Waals surface area contributed by atoms with Gasteiger partial charge in [0.25, 0.3) is 0 Å². The Balaban J connectivity index is -0.000000489. The molecule has 232 valence electrons. The van der Waals surface area contributed by atoms with Crippen LogP contribution in [0.1, 0.15) is 117 Å². The summed E-state index contributed by atoms with van der Waals surface area (Å²) in [5, 5.41) is 21.0. The summed E-state index contributed by atoms with van der Waals surface area (Å²) >= 11 is 0.230. The minimum absolute atomic E-state index is 0.230. The number of carbonyl (C=O) groups is 2. The Labute approximate surface area is 257 Å². The summed E-state index contributed by atoms with van der Waals surface area (Å²) in [7, 11) is 2.22. The first-order valence-corrected chi connectivity index (χ1v) is 22.4. The van der Waals surface area contributed by atoms with Crippen molar-refractivity contribution >= 4 is 47.1 Å². The number of carboxylic acid groups (broad SMARTS) is 2. The Morgan fingerprint density at radius 1 is 0.625 bits per heavy atom. The van der Waals surface area contributed by atoms with Gasteiger partial charge >= 0.3 is 39.8 Å². The van der Waals surface area contributed by atoms with Crippen LogP contribution in [-0.2, 0) is 22.9 Å². The molecule has 1 aromatic carbocycles. The monoisotopic (exact) mass is 690 g/mol. The van der Waals surface area contributed by atoms with Crippen LogP contribution in [-0.4, -0.2) is 63.2 Å². The van der Waals surface area contributed by atoms with Gasteiger partial charge in [-0.05, 0) is 25.7 Å². The molecule has 7 nitrogen and oxygen atoms in total. The van der Waals surface area contributed by atoms with Crippen molar-refractivity contribution in [2.24, 2.45) is 0 Å². The number of benzene rings is 1. The van der Waals surface area contributed by atoms with Crippen molar-refractivity contribution in [2.45, 2.75) is 126 Å². The summed E-state index contributed by atoms with van der Waals surface area (Å²) in [6.07, 6.45) is 16.7. The first-order valence-electron chi connectivity index (χ1n) is 14.9. The molecule has 0 saturated heterocycles. The summed E-state index contributed by atoms with van der Waals surface area (Å²) in [6.45, 7) is 4.38. The summed E-state index contributed by atoms with van der Waals surface area (Å²) in [5.41, 5.74) is 0. The molecule has 0 amide bonds. The first kappa shape index (κ1) is 43.5. The van der Waals surface area contributed by atoms with E-state index in [0.29, 0.717) is 0 Å². The van der Waals surface area contributed by atoms with Crippen molar-refractivity contribution in [3.05, 3.63) is 30.3 Å². The molecule has 0 spiro atoms. The summed E-state index contributed by atoms with van der Waals surface area (Å²) < 4.78 is 16.0. The number of hydrogen-bond acceptors (Lipinski definition) is 7. The van der Waals surface area contributed by atoms with E-state index in [1.165, 1.54) is 64.2 Å². The predicted molar refractivity (Wildman–Crippen MR) is 166 cm³/mol. The molecule has 0 N–H and O–H groups in total. The average Bonchev–Trinajstić information content (AvgIpc) is 2.95. The maximum absolute atomic E-state index is 10.0. The molecular formula is C31H58O7SiSn. The van der Waals surface area contributed by atoms with Crippen molar-refractivity contribution in [1.29, 1.82) is 0 Å². The molecule has 0 aliphatic rings. The van der Waals surface area contributed by atoms with Crippen molar-refractivity contribution < 1.29 is 33.1 Å². The Kier molecular flexibility index (Phi) is 37.3. The Morgan fingerprint density at radius 3 is 1.20 bits per heavy atom. The van der Waals surface area contributed by atoms with Crippen LogP contribution < -0.4 is 15.4 Å². The number of hydrogen-bond donors (Lipinski definition) is 0. The van der Waals surface area contributed by atoms with Gasteiger partial charge in [0, 0.05) is 38.5 Å². The van der Waals surface area contributed by atoms with Gasteiger partial charge in [-0.2, -0.15) is 0 Å². The van der Waals surface area contributed by atoms with Crippen LogP contribution >= 0.6 is 0 Å². The number of carbonyl (C=O) groups excluding carboxylic acids is 2. The third-order valence-corrected chi connectivity index (χ3v) is 8.56. The van der Waals surface area contributed by atoms with Gasteiger partial charge in [0.1, 0.15) is 0 Å². The summed E-state index contributed by atoms with van der Waals surface area (Å²) in [6, 6.07) is 9.72. The molecule has 0 bridgehead atoms.